The van der Waals surface area contributed by atoms with Gasteiger partial charge in [-0.3, -0.25) is 4.79 Å². The summed E-state index contributed by atoms with van der Waals surface area (Å²) in [4.78, 5) is 18.9. The molecular weight excluding hydrogens is 332 g/mol. The summed E-state index contributed by atoms with van der Waals surface area (Å²) >= 11 is 1.41. The molecule has 0 aliphatic heterocycles. The van der Waals surface area contributed by atoms with Crippen LogP contribution in [0.25, 0.3) is 0 Å². The number of hydrogen-bond acceptors (Lipinski definition) is 5. The molecule has 0 radical (unpaired) electrons. The van der Waals surface area contributed by atoms with Crippen molar-refractivity contribution in [2.75, 3.05) is 11.4 Å². The fourth-order valence-corrected chi connectivity index (χ4v) is 3.30. The fraction of sp³-hybridized carbons (Fsp3) is 0.526. The van der Waals surface area contributed by atoms with Gasteiger partial charge < -0.3 is 10.2 Å². The Balaban J connectivity index is 1.97. The number of nitrogens with one attached hydrogen (secondary N) is 1. The first-order valence-corrected chi connectivity index (χ1v) is 9.69. The van der Waals surface area contributed by atoms with E-state index in [0.29, 0.717) is 13.0 Å². The van der Waals surface area contributed by atoms with E-state index in [4.69, 9.17) is 0 Å². The van der Waals surface area contributed by atoms with Crippen molar-refractivity contribution in [3.8, 4) is 0 Å². The normalized spacial score (nSPS) is 12.2. The third-order valence-electron chi connectivity index (χ3n) is 4.13. The molecule has 136 valence electrons. The maximum absolute atomic E-state index is 12.0. The maximum Gasteiger partial charge on any atom is 0.221 e. The van der Waals surface area contributed by atoms with E-state index >= 15 is 0 Å². The van der Waals surface area contributed by atoms with Crippen LogP contribution in [-0.4, -0.2) is 33.9 Å². The molecule has 2 aromatic rings. The second-order valence-corrected chi connectivity index (χ2v) is 7.30. The Kier molecular flexibility index (Phi) is 7.37. The molecule has 1 atom stereocenters. The van der Waals surface area contributed by atoms with Gasteiger partial charge in [0.2, 0.25) is 11.0 Å². The van der Waals surface area contributed by atoms with Crippen molar-refractivity contribution in [2.24, 2.45) is 0 Å². The van der Waals surface area contributed by atoms with Gasteiger partial charge >= 0.3 is 0 Å². The van der Waals surface area contributed by atoms with Gasteiger partial charge in [0.25, 0.3) is 0 Å². The van der Waals surface area contributed by atoms with Crippen molar-refractivity contribution >= 4 is 22.6 Å². The van der Waals surface area contributed by atoms with E-state index in [1.807, 2.05) is 25.1 Å². The van der Waals surface area contributed by atoms with Crippen molar-refractivity contribution < 1.29 is 4.79 Å². The van der Waals surface area contributed by atoms with Gasteiger partial charge in [-0.25, -0.2) is 4.98 Å². The first-order valence-electron chi connectivity index (χ1n) is 8.92. The Morgan fingerprint density at radius 3 is 2.60 bits per heavy atom. The summed E-state index contributed by atoms with van der Waals surface area (Å²) in [6.07, 6.45) is 2.15. The molecule has 2 rings (SSSR count). The maximum atomic E-state index is 12.0. The summed E-state index contributed by atoms with van der Waals surface area (Å²) in [5.41, 5.74) is 1.20. The SMILES string of the molecule is CC[C@H](C)NC(=O)CCN(c1nc(Cc2ccccc2)ns1)C(C)C. The minimum absolute atomic E-state index is 0.0917. The van der Waals surface area contributed by atoms with E-state index in [9.17, 15) is 4.79 Å². The average Bonchev–Trinajstić information content (AvgIpc) is 3.03. The molecule has 25 heavy (non-hydrogen) atoms. The Labute approximate surface area is 154 Å². The van der Waals surface area contributed by atoms with E-state index in [0.717, 1.165) is 23.8 Å². The predicted octanol–water partition coefficient (Wildman–Crippen LogP) is 3.65. The summed E-state index contributed by atoms with van der Waals surface area (Å²) in [7, 11) is 0. The van der Waals surface area contributed by atoms with Crippen molar-refractivity contribution in [1.29, 1.82) is 0 Å². The lowest BCUT2D eigenvalue weighted by Crippen LogP contribution is -2.37. The third kappa shape index (κ3) is 6.12. The van der Waals surface area contributed by atoms with Crippen LogP contribution >= 0.6 is 11.5 Å². The number of anilines is 1. The van der Waals surface area contributed by atoms with Gasteiger partial charge in [-0.2, -0.15) is 4.37 Å². The minimum Gasteiger partial charge on any atom is -0.354 e. The van der Waals surface area contributed by atoms with Crippen LogP contribution in [-0.2, 0) is 11.2 Å². The molecular formula is C19H28N4OS. The molecule has 1 N–H and O–H groups in total. The van der Waals surface area contributed by atoms with Crippen LogP contribution in [0.2, 0.25) is 0 Å². The number of carbonyl (C=O) groups is 1. The van der Waals surface area contributed by atoms with E-state index in [1.54, 1.807) is 0 Å². The van der Waals surface area contributed by atoms with Gasteiger partial charge in [0.15, 0.2) is 0 Å². The van der Waals surface area contributed by atoms with Gasteiger partial charge in [0.1, 0.15) is 5.82 Å². The largest absolute Gasteiger partial charge is 0.354 e. The summed E-state index contributed by atoms with van der Waals surface area (Å²) in [5, 5.41) is 3.90. The predicted molar refractivity (Wildman–Crippen MR) is 104 cm³/mol. The highest BCUT2D eigenvalue weighted by Gasteiger charge is 2.17. The second-order valence-electron chi connectivity index (χ2n) is 6.57. The summed E-state index contributed by atoms with van der Waals surface area (Å²) in [6.45, 7) is 8.98. The minimum atomic E-state index is 0.0917. The molecule has 0 saturated heterocycles. The lowest BCUT2D eigenvalue weighted by atomic mass is 10.1. The average molecular weight is 361 g/mol. The molecule has 5 nitrogen and oxygen atoms in total. The molecule has 0 aliphatic rings. The van der Waals surface area contributed by atoms with Crippen LogP contribution in [0.5, 0.6) is 0 Å². The quantitative estimate of drug-likeness (QED) is 0.741. The Morgan fingerprint density at radius 1 is 1.24 bits per heavy atom. The third-order valence-corrected chi connectivity index (χ3v) is 4.92. The standard InChI is InChI=1S/C19H28N4OS/c1-5-15(4)20-18(24)11-12-23(14(2)3)19-21-17(22-25-19)13-16-9-7-6-8-10-16/h6-10,14-15H,5,11-13H2,1-4H3,(H,20,24)/t15-/m0/s1. The number of nitrogens with zero attached hydrogens (tertiary/aromatic N) is 3. The van der Waals surface area contributed by atoms with Gasteiger partial charge in [-0.15, -0.1) is 0 Å². The van der Waals surface area contributed by atoms with E-state index in [1.165, 1.54) is 17.1 Å². The Bertz CT molecular complexity index is 656. The zero-order chi connectivity index (χ0) is 18.2. The summed E-state index contributed by atoms with van der Waals surface area (Å²) in [6, 6.07) is 10.7. The van der Waals surface area contributed by atoms with E-state index < -0.39 is 0 Å². The van der Waals surface area contributed by atoms with Crippen LogP contribution < -0.4 is 10.2 Å². The Morgan fingerprint density at radius 2 is 1.96 bits per heavy atom. The number of rotatable bonds is 9. The highest BCUT2D eigenvalue weighted by Crippen LogP contribution is 2.21. The molecule has 0 aliphatic carbocycles. The van der Waals surface area contributed by atoms with Crippen LogP contribution in [0, 0.1) is 0 Å². The van der Waals surface area contributed by atoms with Crippen molar-refractivity contribution in [3.05, 3.63) is 41.7 Å². The van der Waals surface area contributed by atoms with Gasteiger partial charge in [0.05, 0.1) is 0 Å². The highest BCUT2D eigenvalue weighted by atomic mass is 32.1. The molecule has 6 heteroatoms. The molecule has 1 heterocycles. The molecule has 1 aromatic heterocycles. The molecule has 0 spiro atoms. The van der Waals surface area contributed by atoms with Crippen molar-refractivity contribution in [1.82, 2.24) is 14.7 Å². The number of hydrogen-bond donors (Lipinski definition) is 1. The number of amides is 1. The molecule has 0 bridgehead atoms. The zero-order valence-electron chi connectivity index (χ0n) is 15.5. The molecule has 1 amide bonds. The first kappa shape index (κ1) is 19.4. The van der Waals surface area contributed by atoms with E-state index in [2.05, 4.69) is 52.5 Å². The topological polar surface area (TPSA) is 58.1 Å². The molecule has 0 saturated carbocycles. The van der Waals surface area contributed by atoms with Crippen LogP contribution in [0.3, 0.4) is 0 Å². The van der Waals surface area contributed by atoms with Crippen LogP contribution in [0.1, 0.15) is 51.9 Å². The first-order chi connectivity index (χ1) is 12.0. The van der Waals surface area contributed by atoms with Gasteiger partial charge in [-0.05, 0) is 32.8 Å². The van der Waals surface area contributed by atoms with Crippen LogP contribution in [0.4, 0.5) is 5.13 Å². The number of benzene rings is 1. The summed E-state index contributed by atoms with van der Waals surface area (Å²) < 4.78 is 4.49. The molecule has 0 unspecified atom stereocenters. The zero-order valence-corrected chi connectivity index (χ0v) is 16.3. The lowest BCUT2D eigenvalue weighted by Gasteiger charge is -2.25. The smallest absolute Gasteiger partial charge is 0.221 e. The van der Waals surface area contributed by atoms with E-state index in [-0.39, 0.29) is 18.0 Å². The number of aromatic nitrogens is 2. The van der Waals surface area contributed by atoms with Crippen LogP contribution in [0.15, 0.2) is 30.3 Å². The van der Waals surface area contributed by atoms with Crippen molar-refractivity contribution in [2.45, 2.75) is 59.0 Å². The Hall–Kier alpha value is -1.95. The highest BCUT2D eigenvalue weighted by molar-refractivity contribution is 7.09. The van der Waals surface area contributed by atoms with Crippen molar-refractivity contribution in [3.63, 3.8) is 0 Å². The number of carbonyl (C=O) groups excluding carboxylic acids is 1. The molecule has 1 aromatic carbocycles. The van der Waals surface area contributed by atoms with Gasteiger partial charge in [0, 0.05) is 43.0 Å². The van der Waals surface area contributed by atoms with Gasteiger partial charge in [-0.1, -0.05) is 37.3 Å². The second kappa shape index (κ2) is 9.51. The molecule has 0 fully saturated rings. The fourth-order valence-electron chi connectivity index (χ4n) is 2.46. The monoisotopic (exact) mass is 360 g/mol. The summed E-state index contributed by atoms with van der Waals surface area (Å²) in [5.74, 6) is 0.926. The lowest BCUT2D eigenvalue weighted by molar-refractivity contribution is -0.121.